The highest BCUT2D eigenvalue weighted by Gasteiger charge is 2.19. The minimum absolute atomic E-state index is 0.203. The minimum atomic E-state index is 0.203. The Morgan fingerprint density at radius 3 is 2.84 bits per heavy atom. The lowest BCUT2D eigenvalue weighted by atomic mass is 9.96. The molecule has 0 bridgehead atoms. The number of carbonyl (C=O) groups excluding carboxylic acids is 1. The zero-order chi connectivity index (χ0) is 14.1. The summed E-state index contributed by atoms with van der Waals surface area (Å²) in [5.41, 5.74) is 5.58. The third kappa shape index (κ3) is 6.39. The summed E-state index contributed by atoms with van der Waals surface area (Å²) in [5.74, 6) is 0.808. The van der Waals surface area contributed by atoms with Gasteiger partial charge in [-0.25, -0.2) is 0 Å². The molecule has 1 heterocycles. The molecule has 0 aliphatic carbocycles. The molecule has 3 N–H and O–H groups in total. The van der Waals surface area contributed by atoms with Crippen molar-refractivity contribution in [3.05, 3.63) is 0 Å². The molecular weight excluding hydrogens is 238 g/mol. The monoisotopic (exact) mass is 269 g/mol. The van der Waals surface area contributed by atoms with Gasteiger partial charge in [-0.1, -0.05) is 19.8 Å². The van der Waals surface area contributed by atoms with Crippen molar-refractivity contribution in [1.82, 2.24) is 10.2 Å². The molecule has 1 saturated heterocycles. The number of hydrogen-bond donors (Lipinski definition) is 2. The van der Waals surface area contributed by atoms with E-state index in [4.69, 9.17) is 5.73 Å². The van der Waals surface area contributed by atoms with Gasteiger partial charge in [0.15, 0.2) is 0 Å². The summed E-state index contributed by atoms with van der Waals surface area (Å²) in [4.78, 5) is 14.2. The van der Waals surface area contributed by atoms with Gasteiger partial charge >= 0.3 is 0 Å². The van der Waals surface area contributed by atoms with Gasteiger partial charge in [0.05, 0.1) is 0 Å². The highest BCUT2D eigenvalue weighted by atomic mass is 16.1. The van der Waals surface area contributed by atoms with Gasteiger partial charge in [0.2, 0.25) is 5.91 Å². The molecule has 0 aromatic heterocycles. The summed E-state index contributed by atoms with van der Waals surface area (Å²) < 4.78 is 0. The van der Waals surface area contributed by atoms with Crippen LogP contribution in [0.15, 0.2) is 0 Å². The van der Waals surface area contributed by atoms with E-state index in [1.807, 2.05) is 0 Å². The van der Waals surface area contributed by atoms with Crippen LogP contribution in [-0.4, -0.2) is 43.5 Å². The molecule has 0 aromatic carbocycles. The molecule has 0 spiro atoms. The summed E-state index contributed by atoms with van der Waals surface area (Å²) in [5, 5.41) is 3.09. The van der Waals surface area contributed by atoms with E-state index < -0.39 is 0 Å². The average molecular weight is 269 g/mol. The molecule has 1 aliphatic heterocycles. The maximum absolute atomic E-state index is 11.9. The van der Waals surface area contributed by atoms with Gasteiger partial charge < -0.3 is 16.0 Å². The Hall–Kier alpha value is -0.610. The number of nitrogens with one attached hydrogen (secondary N) is 1. The Kier molecular flexibility index (Phi) is 8.07. The molecule has 1 amide bonds. The first-order valence-corrected chi connectivity index (χ1v) is 7.84. The highest BCUT2D eigenvalue weighted by Crippen LogP contribution is 2.15. The van der Waals surface area contributed by atoms with E-state index in [1.165, 1.54) is 19.3 Å². The van der Waals surface area contributed by atoms with Gasteiger partial charge in [-0.2, -0.15) is 0 Å². The minimum Gasteiger partial charge on any atom is -0.355 e. The van der Waals surface area contributed by atoms with Gasteiger partial charge in [0.25, 0.3) is 0 Å². The van der Waals surface area contributed by atoms with Crippen LogP contribution in [0.5, 0.6) is 0 Å². The normalized spacial score (nSPS) is 22.2. The summed E-state index contributed by atoms with van der Waals surface area (Å²) in [6.07, 6.45) is 7.57. The van der Waals surface area contributed by atoms with E-state index in [0.717, 1.165) is 38.9 Å². The topological polar surface area (TPSA) is 58.4 Å². The van der Waals surface area contributed by atoms with Crippen molar-refractivity contribution >= 4 is 5.91 Å². The van der Waals surface area contributed by atoms with Crippen molar-refractivity contribution in [2.45, 2.75) is 57.9 Å². The van der Waals surface area contributed by atoms with E-state index >= 15 is 0 Å². The quantitative estimate of drug-likeness (QED) is 0.706. The predicted octanol–water partition coefficient (Wildman–Crippen LogP) is 1.74. The van der Waals surface area contributed by atoms with Gasteiger partial charge in [0.1, 0.15) is 0 Å². The fourth-order valence-corrected chi connectivity index (χ4v) is 2.85. The van der Waals surface area contributed by atoms with Crippen molar-refractivity contribution in [2.24, 2.45) is 11.7 Å². The largest absolute Gasteiger partial charge is 0.355 e. The number of rotatable bonds is 8. The van der Waals surface area contributed by atoms with E-state index in [0.29, 0.717) is 18.4 Å². The molecule has 2 atom stereocenters. The highest BCUT2D eigenvalue weighted by molar-refractivity contribution is 5.75. The lowest BCUT2D eigenvalue weighted by Crippen LogP contribution is -2.44. The second-order valence-electron chi connectivity index (χ2n) is 5.82. The number of carbonyl (C=O) groups is 1. The van der Waals surface area contributed by atoms with Gasteiger partial charge in [-0.15, -0.1) is 0 Å². The zero-order valence-electron chi connectivity index (χ0n) is 12.7. The van der Waals surface area contributed by atoms with E-state index in [1.54, 1.807) is 0 Å². The number of hydrogen-bond acceptors (Lipinski definition) is 3. The van der Waals surface area contributed by atoms with Gasteiger partial charge in [-0.05, 0) is 51.7 Å². The van der Waals surface area contributed by atoms with Crippen molar-refractivity contribution in [3.8, 4) is 0 Å². The smallest absolute Gasteiger partial charge is 0.220 e. The van der Waals surface area contributed by atoms with Gasteiger partial charge in [0, 0.05) is 19.0 Å². The van der Waals surface area contributed by atoms with Crippen LogP contribution >= 0.6 is 0 Å². The van der Waals surface area contributed by atoms with Crippen LogP contribution in [0.1, 0.15) is 51.9 Å². The molecular formula is C15H31N3O. The lowest BCUT2D eigenvalue weighted by Gasteiger charge is -2.32. The number of amides is 1. The first-order chi connectivity index (χ1) is 9.17. The number of piperidine rings is 1. The summed E-state index contributed by atoms with van der Waals surface area (Å²) in [6, 6.07) is 0.531. The number of nitrogens with zero attached hydrogens (tertiary/aromatic N) is 1. The van der Waals surface area contributed by atoms with Crippen molar-refractivity contribution in [1.29, 1.82) is 0 Å². The van der Waals surface area contributed by atoms with Crippen LogP contribution < -0.4 is 11.1 Å². The Morgan fingerprint density at radius 1 is 1.42 bits per heavy atom. The van der Waals surface area contributed by atoms with E-state index in [2.05, 4.69) is 24.2 Å². The summed E-state index contributed by atoms with van der Waals surface area (Å²) >= 11 is 0. The van der Waals surface area contributed by atoms with Crippen molar-refractivity contribution in [3.63, 3.8) is 0 Å². The Bertz CT molecular complexity index is 258. The van der Waals surface area contributed by atoms with E-state index in [-0.39, 0.29) is 5.91 Å². The van der Waals surface area contributed by atoms with Crippen molar-refractivity contribution in [2.75, 3.05) is 26.7 Å². The molecule has 0 radical (unpaired) electrons. The van der Waals surface area contributed by atoms with Crippen LogP contribution in [0.2, 0.25) is 0 Å². The standard InChI is InChI=1S/C15H31N3O/c1-3-13(9-10-16)7-8-15(19)17-12-14-6-4-5-11-18(14)2/h13-14H,3-12,16H2,1-2H3,(H,17,19). The fraction of sp³-hybridized carbons (Fsp3) is 0.933. The molecule has 1 aliphatic rings. The number of likely N-dealkylation sites (N-methyl/N-ethyl adjacent to an activating group) is 1. The second-order valence-corrected chi connectivity index (χ2v) is 5.82. The summed E-state index contributed by atoms with van der Waals surface area (Å²) in [6.45, 7) is 4.88. The maximum atomic E-state index is 11.9. The van der Waals surface area contributed by atoms with Crippen LogP contribution in [-0.2, 0) is 4.79 Å². The number of nitrogens with two attached hydrogens (primary N) is 1. The molecule has 112 valence electrons. The first kappa shape index (κ1) is 16.4. The third-order valence-corrected chi connectivity index (χ3v) is 4.39. The Labute approximate surface area is 118 Å². The predicted molar refractivity (Wildman–Crippen MR) is 80.0 cm³/mol. The second kappa shape index (κ2) is 9.32. The molecule has 0 saturated carbocycles. The first-order valence-electron chi connectivity index (χ1n) is 7.84. The van der Waals surface area contributed by atoms with Gasteiger partial charge in [-0.3, -0.25) is 4.79 Å². The molecule has 2 unspecified atom stereocenters. The zero-order valence-corrected chi connectivity index (χ0v) is 12.7. The molecule has 0 aromatic rings. The Balaban J connectivity index is 2.16. The SMILES string of the molecule is CCC(CCN)CCC(=O)NCC1CCCCN1C. The van der Waals surface area contributed by atoms with Crippen LogP contribution in [0, 0.1) is 5.92 Å². The van der Waals surface area contributed by atoms with E-state index in [9.17, 15) is 4.79 Å². The average Bonchev–Trinajstić information content (AvgIpc) is 2.42. The molecule has 4 nitrogen and oxygen atoms in total. The van der Waals surface area contributed by atoms with Crippen LogP contribution in [0.25, 0.3) is 0 Å². The molecule has 1 fully saturated rings. The lowest BCUT2D eigenvalue weighted by molar-refractivity contribution is -0.121. The molecule has 19 heavy (non-hydrogen) atoms. The maximum Gasteiger partial charge on any atom is 0.220 e. The fourth-order valence-electron chi connectivity index (χ4n) is 2.85. The molecule has 4 heteroatoms. The van der Waals surface area contributed by atoms with Crippen LogP contribution in [0.3, 0.4) is 0 Å². The van der Waals surface area contributed by atoms with Crippen molar-refractivity contribution < 1.29 is 4.79 Å². The van der Waals surface area contributed by atoms with Crippen LogP contribution in [0.4, 0.5) is 0 Å². The molecule has 1 rings (SSSR count). The Morgan fingerprint density at radius 2 is 2.21 bits per heavy atom. The number of likely N-dealkylation sites (tertiary alicyclic amines) is 1. The summed E-state index contributed by atoms with van der Waals surface area (Å²) in [7, 11) is 2.16. The third-order valence-electron chi connectivity index (χ3n) is 4.39.